The van der Waals surface area contributed by atoms with Crippen LogP contribution >= 0.6 is 0 Å². The highest BCUT2D eigenvalue weighted by Crippen LogP contribution is 2.50. The number of hydrogen-bond donors (Lipinski definition) is 1. The summed E-state index contributed by atoms with van der Waals surface area (Å²) in [5.41, 5.74) is 3.05. The van der Waals surface area contributed by atoms with Crippen LogP contribution in [0.5, 0.6) is 0 Å². The van der Waals surface area contributed by atoms with Crippen LogP contribution in [0.4, 0.5) is 17.3 Å². The summed E-state index contributed by atoms with van der Waals surface area (Å²) in [4.78, 5) is 26.5. The van der Waals surface area contributed by atoms with Gasteiger partial charge in [0.1, 0.15) is 11.6 Å². The molecule has 0 aromatic carbocycles. The van der Waals surface area contributed by atoms with Crippen molar-refractivity contribution in [1.82, 2.24) is 9.97 Å². The van der Waals surface area contributed by atoms with Gasteiger partial charge in [0, 0.05) is 43.2 Å². The first-order valence-corrected chi connectivity index (χ1v) is 11.4. The maximum absolute atomic E-state index is 12.8. The summed E-state index contributed by atoms with van der Waals surface area (Å²) < 4.78 is 5.52. The third kappa shape index (κ3) is 3.87. The van der Waals surface area contributed by atoms with E-state index in [0.29, 0.717) is 19.1 Å². The number of ether oxygens (including phenoxy) is 1. The fourth-order valence-electron chi connectivity index (χ4n) is 5.19. The van der Waals surface area contributed by atoms with Crippen molar-refractivity contribution >= 4 is 23.2 Å². The zero-order valence-corrected chi connectivity index (χ0v) is 18.5. The van der Waals surface area contributed by atoms with Gasteiger partial charge in [-0.3, -0.25) is 4.79 Å². The number of carbonyl (C=O) groups excluding carboxylic acids is 1. The van der Waals surface area contributed by atoms with Gasteiger partial charge in [-0.25, -0.2) is 9.97 Å². The Morgan fingerprint density at radius 2 is 2.00 bits per heavy atom. The van der Waals surface area contributed by atoms with Crippen molar-refractivity contribution in [2.75, 3.05) is 41.4 Å². The van der Waals surface area contributed by atoms with Crippen molar-refractivity contribution in [3.8, 4) is 0 Å². The Hall–Kier alpha value is -2.67. The van der Waals surface area contributed by atoms with Crippen molar-refractivity contribution < 1.29 is 9.53 Å². The molecule has 2 aromatic rings. The molecule has 31 heavy (non-hydrogen) atoms. The van der Waals surface area contributed by atoms with E-state index in [-0.39, 0.29) is 23.9 Å². The number of aromatic nitrogens is 2. The van der Waals surface area contributed by atoms with E-state index >= 15 is 0 Å². The Kier molecular flexibility index (Phi) is 5.30. The van der Waals surface area contributed by atoms with E-state index in [0.717, 1.165) is 41.7 Å². The second-order valence-electron chi connectivity index (χ2n) is 9.06. The molecule has 0 radical (unpaired) electrons. The SMILES string of the molecule is CC(=O)N1c2cnc(N3CCOCC3)cc2[C@H](Nc2cccc(C)n2)C(C)[C@@H]1C1CC1. The molecule has 2 aromatic heterocycles. The van der Waals surface area contributed by atoms with Crippen LogP contribution in [0, 0.1) is 18.8 Å². The van der Waals surface area contributed by atoms with Crippen molar-refractivity contribution in [2.24, 2.45) is 11.8 Å². The molecule has 164 valence electrons. The minimum atomic E-state index is 0.0632. The Morgan fingerprint density at radius 3 is 2.68 bits per heavy atom. The second kappa shape index (κ2) is 8.11. The lowest BCUT2D eigenvalue weighted by Crippen LogP contribution is -2.51. The first kappa shape index (κ1) is 20.2. The fourth-order valence-corrected chi connectivity index (χ4v) is 5.19. The van der Waals surface area contributed by atoms with Crippen molar-refractivity contribution in [3.63, 3.8) is 0 Å². The number of morpholine rings is 1. The highest BCUT2D eigenvalue weighted by atomic mass is 16.5. The Morgan fingerprint density at radius 1 is 1.23 bits per heavy atom. The van der Waals surface area contributed by atoms with Gasteiger partial charge in [-0.1, -0.05) is 13.0 Å². The minimum absolute atomic E-state index is 0.0632. The van der Waals surface area contributed by atoms with Crippen molar-refractivity contribution in [2.45, 2.75) is 45.7 Å². The Balaban J connectivity index is 1.58. The number of fused-ring (bicyclic) bond motifs is 1. The Labute approximate surface area is 183 Å². The van der Waals surface area contributed by atoms with E-state index in [1.54, 1.807) is 6.92 Å². The zero-order chi connectivity index (χ0) is 21.5. The minimum Gasteiger partial charge on any atom is -0.378 e. The molecule has 2 aliphatic heterocycles. The summed E-state index contributed by atoms with van der Waals surface area (Å²) in [6.45, 7) is 9.05. The number of amides is 1. The van der Waals surface area contributed by atoms with Gasteiger partial charge in [-0.2, -0.15) is 0 Å². The van der Waals surface area contributed by atoms with Gasteiger partial charge in [0.2, 0.25) is 5.91 Å². The van der Waals surface area contributed by atoms with Crippen molar-refractivity contribution in [3.05, 3.63) is 41.7 Å². The zero-order valence-electron chi connectivity index (χ0n) is 18.5. The number of nitrogens with zero attached hydrogens (tertiary/aromatic N) is 4. The summed E-state index contributed by atoms with van der Waals surface area (Å²) >= 11 is 0. The topological polar surface area (TPSA) is 70.6 Å². The lowest BCUT2D eigenvalue weighted by atomic mass is 9.80. The number of pyridine rings is 2. The standard InChI is InChI=1S/C24H31N5O2/c1-15-5-4-6-21(26-15)27-23-16(2)24(18-7-8-18)29(17(3)30)20-14-25-22(13-19(20)23)28-9-11-31-12-10-28/h4-6,13-14,16,18,23-24H,7-12H2,1-3H3,(H,26,27)/t16?,23-,24-/m1/s1. The molecule has 0 bridgehead atoms. The third-order valence-electron chi connectivity index (χ3n) is 6.83. The molecule has 1 saturated carbocycles. The molecule has 1 N–H and O–H groups in total. The maximum Gasteiger partial charge on any atom is 0.224 e. The van der Waals surface area contributed by atoms with Gasteiger partial charge in [0.25, 0.3) is 0 Å². The third-order valence-corrected chi connectivity index (χ3v) is 6.83. The Bertz CT molecular complexity index is 970. The molecule has 1 aliphatic carbocycles. The van der Waals surface area contributed by atoms with Crippen LogP contribution in [-0.4, -0.2) is 48.2 Å². The average Bonchev–Trinajstić information content (AvgIpc) is 3.60. The van der Waals surface area contributed by atoms with E-state index in [2.05, 4.69) is 23.2 Å². The molecule has 2 fully saturated rings. The van der Waals surface area contributed by atoms with Gasteiger partial charge in [0.05, 0.1) is 31.1 Å². The monoisotopic (exact) mass is 421 g/mol. The largest absolute Gasteiger partial charge is 0.378 e. The molecular formula is C24H31N5O2. The molecule has 1 unspecified atom stereocenters. The number of rotatable bonds is 4. The molecule has 0 spiro atoms. The predicted octanol–water partition coefficient (Wildman–Crippen LogP) is 3.56. The van der Waals surface area contributed by atoms with Gasteiger partial charge in [-0.05, 0) is 43.9 Å². The molecule has 1 saturated heterocycles. The van der Waals surface area contributed by atoms with Crippen LogP contribution in [0.15, 0.2) is 30.5 Å². The highest BCUT2D eigenvalue weighted by Gasteiger charge is 2.48. The highest BCUT2D eigenvalue weighted by molar-refractivity contribution is 5.94. The van der Waals surface area contributed by atoms with Crippen LogP contribution in [-0.2, 0) is 9.53 Å². The predicted molar refractivity (Wildman–Crippen MR) is 121 cm³/mol. The maximum atomic E-state index is 12.8. The molecule has 7 heteroatoms. The van der Waals surface area contributed by atoms with Gasteiger partial charge >= 0.3 is 0 Å². The summed E-state index contributed by atoms with van der Waals surface area (Å²) in [7, 11) is 0. The second-order valence-corrected chi connectivity index (χ2v) is 9.06. The van der Waals surface area contributed by atoms with E-state index in [9.17, 15) is 4.79 Å². The number of carbonyl (C=O) groups is 1. The van der Waals surface area contributed by atoms with Crippen LogP contribution in [0.25, 0.3) is 0 Å². The lowest BCUT2D eigenvalue weighted by molar-refractivity contribution is -0.117. The van der Waals surface area contributed by atoms with E-state index in [4.69, 9.17) is 14.7 Å². The normalized spacial score (nSPS) is 25.8. The van der Waals surface area contributed by atoms with E-state index in [1.165, 1.54) is 12.8 Å². The molecule has 7 nitrogen and oxygen atoms in total. The molecule has 4 heterocycles. The number of aryl methyl sites for hydroxylation is 1. The van der Waals surface area contributed by atoms with Crippen LogP contribution in [0.3, 0.4) is 0 Å². The number of anilines is 3. The summed E-state index contributed by atoms with van der Waals surface area (Å²) in [5, 5.41) is 3.71. The number of hydrogen-bond acceptors (Lipinski definition) is 6. The summed E-state index contributed by atoms with van der Waals surface area (Å²) in [6.07, 6.45) is 4.27. The molecule has 1 amide bonds. The fraction of sp³-hybridized carbons (Fsp3) is 0.542. The first-order valence-electron chi connectivity index (χ1n) is 11.4. The summed E-state index contributed by atoms with van der Waals surface area (Å²) in [6, 6.07) is 8.48. The first-order chi connectivity index (χ1) is 15.0. The lowest BCUT2D eigenvalue weighted by Gasteiger charge is -2.46. The molecular weight excluding hydrogens is 390 g/mol. The smallest absolute Gasteiger partial charge is 0.224 e. The number of nitrogens with one attached hydrogen (secondary N) is 1. The average molecular weight is 422 g/mol. The van der Waals surface area contributed by atoms with Crippen LogP contribution < -0.4 is 15.1 Å². The summed E-state index contributed by atoms with van der Waals surface area (Å²) in [5.74, 6) is 2.73. The van der Waals surface area contributed by atoms with Crippen LogP contribution in [0.2, 0.25) is 0 Å². The molecule has 3 atom stereocenters. The van der Waals surface area contributed by atoms with Crippen molar-refractivity contribution in [1.29, 1.82) is 0 Å². The van der Waals surface area contributed by atoms with Gasteiger partial charge < -0.3 is 19.9 Å². The van der Waals surface area contributed by atoms with Gasteiger partial charge in [-0.15, -0.1) is 0 Å². The van der Waals surface area contributed by atoms with Gasteiger partial charge in [0.15, 0.2) is 0 Å². The van der Waals surface area contributed by atoms with E-state index < -0.39 is 0 Å². The quantitative estimate of drug-likeness (QED) is 0.814. The molecule has 3 aliphatic rings. The molecule has 5 rings (SSSR count). The van der Waals surface area contributed by atoms with E-state index in [1.807, 2.05) is 36.2 Å². The van der Waals surface area contributed by atoms with Crippen LogP contribution in [0.1, 0.15) is 44.0 Å².